The van der Waals surface area contributed by atoms with Crippen LogP contribution in [0.15, 0.2) is 24.3 Å². The minimum absolute atomic E-state index is 0.0450. The standard InChI is InChI=1S/C13H17N3O/c17-13(15-11-5-6-11)16-8-7-14-9-10-3-1-2-4-12(10)16/h1-4,11,14H,5-9H2,(H,15,17). The van der Waals surface area contributed by atoms with Gasteiger partial charge < -0.3 is 10.6 Å². The van der Waals surface area contributed by atoms with Gasteiger partial charge in [-0.3, -0.25) is 4.90 Å². The van der Waals surface area contributed by atoms with Crippen molar-refractivity contribution in [2.75, 3.05) is 18.0 Å². The van der Waals surface area contributed by atoms with Crippen molar-refractivity contribution in [2.45, 2.75) is 25.4 Å². The third kappa shape index (κ3) is 2.26. The SMILES string of the molecule is O=C(NC1CC1)N1CCNCc2ccccc21. The highest BCUT2D eigenvalue weighted by Crippen LogP contribution is 2.24. The van der Waals surface area contributed by atoms with Crippen molar-refractivity contribution in [1.82, 2.24) is 10.6 Å². The van der Waals surface area contributed by atoms with Gasteiger partial charge in [-0.25, -0.2) is 4.79 Å². The largest absolute Gasteiger partial charge is 0.335 e. The van der Waals surface area contributed by atoms with Crippen LogP contribution in [0.25, 0.3) is 0 Å². The Balaban J connectivity index is 1.85. The summed E-state index contributed by atoms with van der Waals surface area (Å²) in [5, 5.41) is 6.39. The maximum absolute atomic E-state index is 12.2. The predicted molar refractivity (Wildman–Crippen MR) is 67.0 cm³/mol. The number of anilines is 1. The van der Waals surface area contributed by atoms with Crippen LogP contribution in [0.4, 0.5) is 10.5 Å². The summed E-state index contributed by atoms with van der Waals surface area (Å²) in [4.78, 5) is 14.0. The average Bonchev–Trinajstić information content (AvgIpc) is 3.14. The second kappa shape index (κ2) is 4.37. The number of urea groups is 1. The van der Waals surface area contributed by atoms with Crippen LogP contribution in [0.2, 0.25) is 0 Å². The number of hydrogen-bond donors (Lipinski definition) is 2. The summed E-state index contributed by atoms with van der Waals surface area (Å²) in [7, 11) is 0. The molecule has 2 aliphatic rings. The summed E-state index contributed by atoms with van der Waals surface area (Å²) in [6.45, 7) is 2.41. The van der Waals surface area contributed by atoms with Gasteiger partial charge in [-0.1, -0.05) is 18.2 Å². The van der Waals surface area contributed by atoms with Gasteiger partial charge in [-0.15, -0.1) is 0 Å². The molecule has 4 nitrogen and oxygen atoms in total. The molecule has 2 amide bonds. The number of benzene rings is 1. The zero-order valence-corrected chi connectivity index (χ0v) is 9.78. The monoisotopic (exact) mass is 231 g/mol. The van der Waals surface area contributed by atoms with Crippen LogP contribution in [-0.2, 0) is 6.54 Å². The molecule has 0 bridgehead atoms. The maximum Gasteiger partial charge on any atom is 0.322 e. The Morgan fingerprint density at radius 2 is 2.18 bits per heavy atom. The molecule has 1 heterocycles. The molecule has 0 aromatic heterocycles. The van der Waals surface area contributed by atoms with Crippen molar-refractivity contribution in [1.29, 1.82) is 0 Å². The minimum Gasteiger partial charge on any atom is -0.335 e. The zero-order valence-electron chi connectivity index (χ0n) is 9.78. The highest BCUT2D eigenvalue weighted by atomic mass is 16.2. The first-order valence-corrected chi connectivity index (χ1v) is 6.21. The van der Waals surface area contributed by atoms with Gasteiger partial charge in [0.05, 0.1) is 0 Å². The Kier molecular flexibility index (Phi) is 2.73. The van der Waals surface area contributed by atoms with E-state index in [9.17, 15) is 4.79 Å². The van der Waals surface area contributed by atoms with Gasteiger partial charge >= 0.3 is 6.03 Å². The number of para-hydroxylation sites is 1. The first-order valence-electron chi connectivity index (χ1n) is 6.21. The number of fused-ring (bicyclic) bond motifs is 1. The second-order valence-electron chi connectivity index (χ2n) is 4.68. The highest BCUT2D eigenvalue weighted by molar-refractivity contribution is 5.93. The van der Waals surface area contributed by atoms with Crippen LogP contribution in [0.3, 0.4) is 0 Å². The van der Waals surface area contributed by atoms with Crippen LogP contribution in [0, 0.1) is 0 Å². The summed E-state index contributed by atoms with van der Waals surface area (Å²) < 4.78 is 0. The van der Waals surface area contributed by atoms with Gasteiger partial charge in [0, 0.05) is 31.4 Å². The fourth-order valence-corrected chi connectivity index (χ4v) is 2.15. The normalized spacial score (nSPS) is 19.4. The molecule has 0 saturated heterocycles. The number of nitrogens with one attached hydrogen (secondary N) is 2. The second-order valence-corrected chi connectivity index (χ2v) is 4.68. The Bertz CT molecular complexity index is 428. The molecule has 1 aliphatic heterocycles. The molecular weight excluding hydrogens is 214 g/mol. The Hall–Kier alpha value is -1.55. The van der Waals surface area contributed by atoms with E-state index in [1.54, 1.807) is 0 Å². The maximum atomic E-state index is 12.2. The Morgan fingerprint density at radius 3 is 3.00 bits per heavy atom. The number of carbonyl (C=O) groups excluding carboxylic acids is 1. The molecule has 1 aromatic carbocycles. The molecule has 1 fully saturated rings. The third-order valence-electron chi connectivity index (χ3n) is 3.26. The quantitative estimate of drug-likeness (QED) is 0.768. The van der Waals surface area contributed by atoms with E-state index in [0.717, 1.165) is 38.2 Å². The molecule has 17 heavy (non-hydrogen) atoms. The number of carbonyl (C=O) groups is 1. The molecule has 2 N–H and O–H groups in total. The number of hydrogen-bond acceptors (Lipinski definition) is 2. The van der Waals surface area contributed by atoms with Crippen LogP contribution >= 0.6 is 0 Å². The molecule has 0 atom stereocenters. The van der Waals surface area contributed by atoms with Gasteiger partial charge in [0.2, 0.25) is 0 Å². The summed E-state index contributed by atoms with van der Waals surface area (Å²) in [5.41, 5.74) is 2.23. The summed E-state index contributed by atoms with van der Waals surface area (Å²) in [6.07, 6.45) is 2.25. The number of nitrogens with zero attached hydrogens (tertiary/aromatic N) is 1. The van der Waals surface area contributed by atoms with Crippen LogP contribution in [0.1, 0.15) is 18.4 Å². The van der Waals surface area contributed by atoms with E-state index in [-0.39, 0.29) is 6.03 Å². The highest BCUT2D eigenvalue weighted by Gasteiger charge is 2.27. The van der Waals surface area contributed by atoms with E-state index in [1.165, 1.54) is 5.56 Å². The number of rotatable bonds is 1. The van der Waals surface area contributed by atoms with Crippen molar-refractivity contribution in [3.8, 4) is 0 Å². The minimum atomic E-state index is 0.0450. The van der Waals surface area contributed by atoms with Crippen molar-refractivity contribution in [3.63, 3.8) is 0 Å². The van der Waals surface area contributed by atoms with E-state index in [1.807, 2.05) is 23.1 Å². The Morgan fingerprint density at radius 1 is 1.35 bits per heavy atom. The van der Waals surface area contributed by atoms with Crippen LogP contribution in [-0.4, -0.2) is 25.2 Å². The van der Waals surface area contributed by atoms with Gasteiger partial charge in [0.1, 0.15) is 0 Å². The van der Waals surface area contributed by atoms with E-state index >= 15 is 0 Å². The van der Waals surface area contributed by atoms with Crippen LogP contribution < -0.4 is 15.5 Å². The lowest BCUT2D eigenvalue weighted by Gasteiger charge is -2.22. The molecule has 1 aromatic rings. The number of amides is 2. The molecular formula is C13H17N3O. The lowest BCUT2D eigenvalue weighted by Crippen LogP contribution is -2.43. The fraction of sp³-hybridized carbons (Fsp3) is 0.462. The van der Waals surface area contributed by atoms with E-state index in [0.29, 0.717) is 6.04 Å². The lowest BCUT2D eigenvalue weighted by molar-refractivity contribution is 0.246. The summed E-state index contributed by atoms with van der Waals surface area (Å²) in [6, 6.07) is 8.55. The topological polar surface area (TPSA) is 44.4 Å². The van der Waals surface area contributed by atoms with Crippen molar-refractivity contribution >= 4 is 11.7 Å². The first-order chi connectivity index (χ1) is 8.34. The first kappa shape index (κ1) is 10.6. The molecule has 0 unspecified atom stereocenters. The van der Waals surface area contributed by atoms with Gasteiger partial charge in [0.25, 0.3) is 0 Å². The van der Waals surface area contributed by atoms with Gasteiger partial charge in [-0.2, -0.15) is 0 Å². The predicted octanol–water partition coefficient (Wildman–Crippen LogP) is 1.47. The van der Waals surface area contributed by atoms with E-state index in [4.69, 9.17) is 0 Å². The zero-order chi connectivity index (χ0) is 11.7. The summed E-state index contributed by atoms with van der Waals surface area (Å²) in [5.74, 6) is 0. The van der Waals surface area contributed by atoms with Crippen LogP contribution in [0.5, 0.6) is 0 Å². The fourth-order valence-electron chi connectivity index (χ4n) is 2.15. The summed E-state index contributed by atoms with van der Waals surface area (Å²) >= 11 is 0. The van der Waals surface area contributed by atoms with E-state index in [2.05, 4.69) is 16.7 Å². The van der Waals surface area contributed by atoms with Gasteiger partial charge in [-0.05, 0) is 24.5 Å². The Labute approximate surface area is 101 Å². The smallest absolute Gasteiger partial charge is 0.322 e. The molecule has 1 aliphatic carbocycles. The lowest BCUT2D eigenvalue weighted by atomic mass is 10.1. The molecule has 90 valence electrons. The molecule has 4 heteroatoms. The van der Waals surface area contributed by atoms with Crippen molar-refractivity contribution in [2.24, 2.45) is 0 Å². The third-order valence-corrected chi connectivity index (χ3v) is 3.26. The molecule has 0 radical (unpaired) electrons. The molecule has 0 spiro atoms. The van der Waals surface area contributed by atoms with Crippen molar-refractivity contribution < 1.29 is 4.79 Å². The van der Waals surface area contributed by atoms with Crippen molar-refractivity contribution in [3.05, 3.63) is 29.8 Å². The average molecular weight is 231 g/mol. The molecule has 1 saturated carbocycles. The van der Waals surface area contributed by atoms with Gasteiger partial charge in [0.15, 0.2) is 0 Å². The van der Waals surface area contributed by atoms with E-state index < -0.39 is 0 Å². The molecule has 3 rings (SSSR count).